The molecule has 0 spiro atoms. The van der Waals surface area contributed by atoms with Crippen LogP contribution in [0.3, 0.4) is 0 Å². The number of nitrogens with one attached hydrogen (secondary N) is 2. The van der Waals surface area contributed by atoms with Crippen molar-refractivity contribution in [3.05, 3.63) is 70.7 Å². The highest BCUT2D eigenvalue weighted by Gasteiger charge is 2.30. The summed E-state index contributed by atoms with van der Waals surface area (Å²) in [6, 6.07) is 14.1. The number of hydrogen-bond acceptors (Lipinski definition) is 6. The first kappa shape index (κ1) is 18.7. The maximum Gasteiger partial charge on any atom is 0.229 e. The Labute approximate surface area is 168 Å². The molecule has 0 radical (unpaired) electrons. The van der Waals surface area contributed by atoms with Crippen molar-refractivity contribution >= 4 is 17.5 Å². The first-order chi connectivity index (χ1) is 14.1. The summed E-state index contributed by atoms with van der Waals surface area (Å²) in [4.78, 5) is 9.29. The van der Waals surface area contributed by atoms with E-state index in [0.29, 0.717) is 28.5 Å². The summed E-state index contributed by atoms with van der Waals surface area (Å²) in [6.45, 7) is 0. The molecule has 29 heavy (non-hydrogen) atoms. The molecule has 2 aromatic carbocycles. The molecule has 0 saturated heterocycles. The minimum atomic E-state index is -0.221. The molecule has 0 aliphatic heterocycles. The highest BCUT2D eigenvalue weighted by molar-refractivity contribution is 5.63. The van der Waals surface area contributed by atoms with Crippen LogP contribution in [0.15, 0.2) is 42.5 Å². The lowest BCUT2D eigenvalue weighted by atomic mass is 9.96. The predicted octanol–water partition coefficient (Wildman–Crippen LogP) is 4.36. The fourth-order valence-corrected chi connectivity index (χ4v) is 3.77. The van der Waals surface area contributed by atoms with Crippen molar-refractivity contribution in [1.29, 1.82) is 5.26 Å². The molecule has 1 aliphatic rings. The summed E-state index contributed by atoms with van der Waals surface area (Å²) < 4.78 is 19.7. The molecule has 0 bridgehead atoms. The van der Waals surface area contributed by atoms with Gasteiger partial charge in [-0.1, -0.05) is 18.2 Å². The van der Waals surface area contributed by atoms with Crippen LogP contribution in [0.5, 0.6) is 5.75 Å². The SMILES string of the molecule is CNc1nc(Nc2ccc(C#N)c(OC)c2)nc2c1CCC2c1ccccc1F. The van der Waals surface area contributed by atoms with Gasteiger partial charge < -0.3 is 15.4 Å². The van der Waals surface area contributed by atoms with E-state index in [1.165, 1.54) is 13.2 Å². The number of anilines is 3. The number of benzene rings is 2. The third-order valence-corrected chi connectivity index (χ3v) is 5.15. The van der Waals surface area contributed by atoms with E-state index in [1.54, 1.807) is 24.3 Å². The number of aromatic nitrogens is 2. The van der Waals surface area contributed by atoms with Crippen molar-refractivity contribution in [2.45, 2.75) is 18.8 Å². The lowest BCUT2D eigenvalue weighted by molar-refractivity contribution is 0.413. The Balaban J connectivity index is 1.73. The van der Waals surface area contributed by atoms with Gasteiger partial charge in [-0.3, -0.25) is 0 Å². The van der Waals surface area contributed by atoms with E-state index in [1.807, 2.05) is 19.2 Å². The van der Waals surface area contributed by atoms with Crippen molar-refractivity contribution in [3.63, 3.8) is 0 Å². The first-order valence-corrected chi connectivity index (χ1v) is 9.32. The predicted molar refractivity (Wildman–Crippen MR) is 109 cm³/mol. The standard InChI is InChI=1S/C22H20FN5O/c1-25-21-17-10-9-16(15-5-3-4-6-18(15)23)20(17)27-22(28-21)26-14-8-7-13(12-24)19(11-14)29-2/h3-8,11,16H,9-10H2,1-2H3,(H2,25,26,27,28). The van der Waals surface area contributed by atoms with Crippen molar-refractivity contribution in [3.8, 4) is 11.8 Å². The topological polar surface area (TPSA) is 82.9 Å². The lowest BCUT2D eigenvalue weighted by Gasteiger charge is -2.15. The van der Waals surface area contributed by atoms with Crippen LogP contribution < -0.4 is 15.4 Å². The van der Waals surface area contributed by atoms with Gasteiger partial charge in [0.25, 0.3) is 0 Å². The van der Waals surface area contributed by atoms with Crippen molar-refractivity contribution < 1.29 is 9.13 Å². The third kappa shape index (κ3) is 3.45. The summed E-state index contributed by atoms with van der Waals surface area (Å²) >= 11 is 0. The molecule has 146 valence electrons. The van der Waals surface area contributed by atoms with Gasteiger partial charge >= 0.3 is 0 Å². The van der Waals surface area contributed by atoms with Gasteiger partial charge in [0.1, 0.15) is 23.5 Å². The van der Waals surface area contributed by atoms with Gasteiger partial charge in [0, 0.05) is 30.3 Å². The van der Waals surface area contributed by atoms with Crippen LogP contribution in [0, 0.1) is 17.1 Å². The summed E-state index contributed by atoms with van der Waals surface area (Å²) in [6.07, 6.45) is 1.57. The Kier molecular flexibility index (Phi) is 5.00. The summed E-state index contributed by atoms with van der Waals surface area (Å²) in [5, 5.41) is 15.5. The normalized spacial score (nSPS) is 14.8. The quantitative estimate of drug-likeness (QED) is 0.675. The number of ether oxygens (including phenoxy) is 1. The minimum Gasteiger partial charge on any atom is -0.495 e. The van der Waals surface area contributed by atoms with E-state index in [-0.39, 0.29) is 11.7 Å². The molecule has 3 aromatic rings. The molecule has 0 amide bonds. The Bertz CT molecular complexity index is 1110. The number of methoxy groups -OCH3 is 1. The third-order valence-electron chi connectivity index (χ3n) is 5.15. The van der Waals surface area contributed by atoms with Crippen LogP contribution in [0.25, 0.3) is 0 Å². The van der Waals surface area contributed by atoms with Gasteiger partial charge in [0.2, 0.25) is 5.95 Å². The number of rotatable bonds is 5. The van der Waals surface area contributed by atoms with Crippen LogP contribution in [0.2, 0.25) is 0 Å². The van der Waals surface area contributed by atoms with Crippen LogP contribution in [-0.4, -0.2) is 24.1 Å². The van der Waals surface area contributed by atoms with Crippen molar-refractivity contribution in [1.82, 2.24) is 9.97 Å². The Morgan fingerprint density at radius 3 is 2.76 bits per heavy atom. The summed E-state index contributed by atoms with van der Waals surface area (Å²) in [5.74, 6) is 1.27. The maximum atomic E-state index is 14.4. The van der Waals surface area contributed by atoms with Gasteiger partial charge in [0.15, 0.2) is 0 Å². The number of nitrogens with zero attached hydrogens (tertiary/aromatic N) is 3. The van der Waals surface area contributed by atoms with Crippen LogP contribution in [-0.2, 0) is 6.42 Å². The molecule has 4 rings (SSSR count). The fourth-order valence-electron chi connectivity index (χ4n) is 3.77. The largest absolute Gasteiger partial charge is 0.495 e. The number of fused-ring (bicyclic) bond motifs is 1. The van der Waals surface area contributed by atoms with E-state index in [2.05, 4.69) is 21.7 Å². The Morgan fingerprint density at radius 2 is 2.03 bits per heavy atom. The van der Waals surface area contributed by atoms with Crippen LogP contribution >= 0.6 is 0 Å². The van der Waals surface area contributed by atoms with Gasteiger partial charge in [-0.15, -0.1) is 0 Å². The van der Waals surface area contributed by atoms with E-state index in [9.17, 15) is 4.39 Å². The zero-order valence-corrected chi connectivity index (χ0v) is 16.2. The van der Waals surface area contributed by atoms with Crippen molar-refractivity contribution in [2.75, 3.05) is 24.8 Å². The second-order valence-corrected chi connectivity index (χ2v) is 6.77. The molecule has 1 aromatic heterocycles. The molecule has 0 saturated carbocycles. The molecule has 6 nitrogen and oxygen atoms in total. The molecule has 0 fully saturated rings. The smallest absolute Gasteiger partial charge is 0.229 e. The molecule has 1 atom stereocenters. The highest BCUT2D eigenvalue weighted by Crippen LogP contribution is 2.41. The zero-order chi connectivity index (χ0) is 20.4. The molecule has 1 unspecified atom stereocenters. The molecular weight excluding hydrogens is 369 g/mol. The van der Waals surface area contributed by atoms with E-state index >= 15 is 0 Å². The highest BCUT2D eigenvalue weighted by atomic mass is 19.1. The van der Waals surface area contributed by atoms with E-state index in [0.717, 1.165) is 29.9 Å². The summed E-state index contributed by atoms with van der Waals surface area (Å²) in [5.41, 5.74) is 3.64. The molecule has 1 aliphatic carbocycles. The Hall–Kier alpha value is -3.66. The Morgan fingerprint density at radius 1 is 1.21 bits per heavy atom. The minimum absolute atomic E-state index is 0.114. The second kappa shape index (κ2) is 7.76. The second-order valence-electron chi connectivity index (χ2n) is 6.77. The van der Waals surface area contributed by atoms with Crippen molar-refractivity contribution in [2.24, 2.45) is 0 Å². The lowest BCUT2D eigenvalue weighted by Crippen LogP contribution is -2.08. The maximum absolute atomic E-state index is 14.4. The van der Waals surface area contributed by atoms with E-state index in [4.69, 9.17) is 15.0 Å². The first-order valence-electron chi connectivity index (χ1n) is 9.32. The van der Waals surface area contributed by atoms with Crippen LogP contribution in [0.1, 0.15) is 34.7 Å². The average molecular weight is 389 g/mol. The number of nitriles is 1. The zero-order valence-electron chi connectivity index (χ0n) is 16.2. The summed E-state index contributed by atoms with van der Waals surface area (Å²) in [7, 11) is 3.33. The molecule has 7 heteroatoms. The fraction of sp³-hybridized carbons (Fsp3) is 0.227. The van der Waals surface area contributed by atoms with Crippen LogP contribution in [0.4, 0.5) is 21.8 Å². The van der Waals surface area contributed by atoms with Gasteiger partial charge in [0.05, 0.1) is 18.4 Å². The molecular formula is C22H20FN5O. The monoisotopic (exact) mass is 389 g/mol. The van der Waals surface area contributed by atoms with Gasteiger partial charge in [-0.05, 0) is 36.6 Å². The number of hydrogen-bond donors (Lipinski definition) is 2. The van der Waals surface area contributed by atoms with Gasteiger partial charge in [-0.25, -0.2) is 9.37 Å². The molecule has 2 N–H and O–H groups in total. The van der Waals surface area contributed by atoms with E-state index < -0.39 is 0 Å². The number of halogens is 1. The average Bonchev–Trinajstić information content (AvgIpc) is 3.17. The molecule has 1 heterocycles. The van der Waals surface area contributed by atoms with Gasteiger partial charge in [-0.2, -0.15) is 10.2 Å².